The first-order valence-corrected chi connectivity index (χ1v) is 3.45. The van der Waals surface area contributed by atoms with E-state index in [1.165, 1.54) is 6.20 Å². The average Bonchev–Trinajstić information content (AvgIpc) is 2.74. The first-order chi connectivity index (χ1) is 6.29. The number of hydrogen-bond acceptors (Lipinski definition) is 4. The number of aromatic nitrogens is 3. The normalized spacial score (nSPS) is 10.2. The Labute approximate surface area is 72.2 Å². The lowest BCUT2D eigenvalue weighted by Gasteiger charge is -1.90. The van der Waals surface area contributed by atoms with E-state index in [2.05, 4.69) is 15.2 Å². The summed E-state index contributed by atoms with van der Waals surface area (Å²) in [7, 11) is 0. The summed E-state index contributed by atoms with van der Waals surface area (Å²) in [6, 6.07) is 1.60. The summed E-state index contributed by atoms with van der Waals surface area (Å²) in [5.41, 5.74) is 0.374. The Kier molecular flexibility index (Phi) is 1.59. The highest BCUT2D eigenvalue weighted by atomic mass is 16.4. The van der Waals surface area contributed by atoms with Gasteiger partial charge in [0.1, 0.15) is 5.69 Å². The molecular weight excluding hydrogens is 174 g/mol. The Bertz CT molecular complexity index is 418. The summed E-state index contributed by atoms with van der Waals surface area (Å²) < 4.78 is 4.91. The zero-order valence-corrected chi connectivity index (χ0v) is 6.39. The fourth-order valence-electron chi connectivity index (χ4n) is 0.972. The van der Waals surface area contributed by atoms with E-state index in [-0.39, 0.29) is 11.5 Å². The summed E-state index contributed by atoms with van der Waals surface area (Å²) >= 11 is 0. The molecule has 0 aliphatic rings. The number of carbonyl (C=O) groups is 1. The van der Waals surface area contributed by atoms with Crippen LogP contribution in [0.3, 0.4) is 0 Å². The monoisotopic (exact) mass is 179 g/mol. The molecule has 0 aliphatic carbocycles. The van der Waals surface area contributed by atoms with Gasteiger partial charge >= 0.3 is 5.97 Å². The molecule has 0 atom stereocenters. The Morgan fingerprint density at radius 3 is 3.08 bits per heavy atom. The molecule has 0 saturated carbocycles. The molecule has 2 heterocycles. The van der Waals surface area contributed by atoms with Crippen molar-refractivity contribution in [2.24, 2.45) is 0 Å². The minimum absolute atomic E-state index is 0.121. The summed E-state index contributed by atoms with van der Waals surface area (Å²) in [5, 5.41) is 15.0. The van der Waals surface area contributed by atoms with E-state index >= 15 is 0 Å². The molecule has 2 rings (SSSR count). The second-order valence-corrected chi connectivity index (χ2v) is 2.31. The van der Waals surface area contributed by atoms with Crippen molar-refractivity contribution < 1.29 is 14.3 Å². The molecule has 2 aromatic rings. The third-order valence-electron chi connectivity index (χ3n) is 1.52. The van der Waals surface area contributed by atoms with Crippen molar-refractivity contribution in [3.63, 3.8) is 0 Å². The van der Waals surface area contributed by atoms with Crippen LogP contribution in [0.4, 0.5) is 0 Å². The maximum absolute atomic E-state index is 10.6. The number of oxazole rings is 1. The number of nitrogens with one attached hydrogen (secondary N) is 1. The van der Waals surface area contributed by atoms with Gasteiger partial charge in [0.05, 0.1) is 0 Å². The molecule has 0 aliphatic heterocycles. The largest absolute Gasteiger partial charge is 0.476 e. The van der Waals surface area contributed by atoms with Gasteiger partial charge in [-0.05, 0) is 6.07 Å². The SMILES string of the molecule is O=C(O)c1ncoc1-c1ccn[nH]1. The topological polar surface area (TPSA) is 92.0 Å². The lowest BCUT2D eigenvalue weighted by Crippen LogP contribution is -1.98. The molecule has 0 amide bonds. The maximum atomic E-state index is 10.6. The first-order valence-electron chi connectivity index (χ1n) is 3.45. The summed E-state index contributed by atoms with van der Waals surface area (Å²) in [6.07, 6.45) is 2.59. The van der Waals surface area contributed by atoms with Crippen LogP contribution in [0, 0.1) is 0 Å². The van der Waals surface area contributed by atoms with Crippen LogP contribution in [0.1, 0.15) is 10.5 Å². The molecule has 0 aromatic carbocycles. The smallest absolute Gasteiger partial charge is 0.358 e. The fraction of sp³-hybridized carbons (Fsp3) is 0. The van der Waals surface area contributed by atoms with Crippen molar-refractivity contribution >= 4 is 5.97 Å². The number of hydrogen-bond donors (Lipinski definition) is 2. The van der Waals surface area contributed by atoms with Crippen LogP contribution in [0.25, 0.3) is 11.5 Å². The highest BCUT2D eigenvalue weighted by Gasteiger charge is 2.17. The minimum atomic E-state index is -1.13. The van der Waals surface area contributed by atoms with E-state index in [9.17, 15) is 4.79 Å². The molecule has 13 heavy (non-hydrogen) atoms. The maximum Gasteiger partial charge on any atom is 0.358 e. The van der Waals surface area contributed by atoms with Gasteiger partial charge in [-0.25, -0.2) is 9.78 Å². The van der Waals surface area contributed by atoms with Crippen LogP contribution in [0.5, 0.6) is 0 Å². The van der Waals surface area contributed by atoms with E-state index < -0.39 is 5.97 Å². The third kappa shape index (κ3) is 1.18. The van der Waals surface area contributed by atoms with Crippen LogP contribution in [0.15, 0.2) is 23.1 Å². The number of nitrogens with zero attached hydrogens (tertiary/aromatic N) is 2. The molecule has 2 N–H and O–H groups in total. The molecule has 0 saturated heterocycles. The number of aromatic amines is 1. The molecule has 2 aromatic heterocycles. The van der Waals surface area contributed by atoms with Gasteiger partial charge in [0, 0.05) is 6.20 Å². The number of carboxylic acid groups (broad SMARTS) is 1. The van der Waals surface area contributed by atoms with Gasteiger partial charge in [-0.2, -0.15) is 5.10 Å². The lowest BCUT2D eigenvalue weighted by atomic mass is 10.3. The van der Waals surface area contributed by atoms with Crippen molar-refractivity contribution in [1.82, 2.24) is 15.2 Å². The predicted octanol–water partition coefficient (Wildman–Crippen LogP) is 0.763. The zero-order chi connectivity index (χ0) is 9.26. The number of H-pyrrole nitrogens is 1. The van der Waals surface area contributed by atoms with Crippen molar-refractivity contribution in [3.05, 3.63) is 24.4 Å². The Morgan fingerprint density at radius 2 is 2.46 bits per heavy atom. The van der Waals surface area contributed by atoms with Crippen molar-refractivity contribution in [1.29, 1.82) is 0 Å². The number of rotatable bonds is 2. The molecular formula is C7H5N3O3. The van der Waals surface area contributed by atoms with E-state index in [4.69, 9.17) is 9.52 Å². The predicted molar refractivity (Wildman–Crippen MR) is 41.0 cm³/mol. The lowest BCUT2D eigenvalue weighted by molar-refractivity contribution is 0.0691. The second kappa shape index (κ2) is 2.74. The van der Waals surface area contributed by atoms with Gasteiger partial charge in [-0.1, -0.05) is 0 Å². The molecule has 0 unspecified atom stereocenters. The van der Waals surface area contributed by atoms with Crippen LogP contribution in [-0.4, -0.2) is 26.3 Å². The summed E-state index contributed by atoms with van der Waals surface area (Å²) in [4.78, 5) is 14.2. The van der Waals surface area contributed by atoms with E-state index in [0.717, 1.165) is 6.39 Å². The highest BCUT2D eigenvalue weighted by molar-refractivity contribution is 5.91. The summed E-state index contributed by atoms with van der Waals surface area (Å²) in [5.74, 6) is -0.941. The molecule has 0 radical (unpaired) electrons. The molecule has 66 valence electrons. The van der Waals surface area contributed by atoms with E-state index in [1.54, 1.807) is 6.07 Å². The molecule has 0 fully saturated rings. The van der Waals surface area contributed by atoms with Crippen LogP contribution < -0.4 is 0 Å². The van der Waals surface area contributed by atoms with Gasteiger partial charge in [0.25, 0.3) is 0 Å². The molecule has 0 spiro atoms. The number of aromatic carboxylic acids is 1. The van der Waals surface area contributed by atoms with Crippen LogP contribution in [-0.2, 0) is 0 Å². The van der Waals surface area contributed by atoms with Crippen molar-refractivity contribution in [2.45, 2.75) is 0 Å². The molecule has 0 bridgehead atoms. The zero-order valence-electron chi connectivity index (χ0n) is 6.39. The van der Waals surface area contributed by atoms with E-state index in [1.807, 2.05) is 0 Å². The molecule has 6 heteroatoms. The Balaban J connectivity index is 2.52. The third-order valence-corrected chi connectivity index (χ3v) is 1.52. The van der Waals surface area contributed by atoms with E-state index in [0.29, 0.717) is 5.69 Å². The second-order valence-electron chi connectivity index (χ2n) is 2.31. The quantitative estimate of drug-likeness (QED) is 0.710. The molecule has 6 nitrogen and oxygen atoms in total. The van der Waals surface area contributed by atoms with Crippen molar-refractivity contribution in [2.75, 3.05) is 0 Å². The summed E-state index contributed by atoms with van der Waals surface area (Å²) in [6.45, 7) is 0. The van der Waals surface area contributed by atoms with Crippen LogP contribution in [0.2, 0.25) is 0 Å². The standard InChI is InChI=1S/C7H5N3O3/c11-7(12)5-6(13-3-8-5)4-1-2-9-10-4/h1-3H,(H,9,10)(H,11,12). The van der Waals surface area contributed by atoms with Gasteiger partial charge in [-0.3, -0.25) is 5.10 Å². The minimum Gasteiger partial charge on any atom is -0.476 e. The van der Waals surface area contributed by atoms with Crippen LogP contribution >= 0.6 is 0 Å². The van der Waals surface area contributed by atoms with Crippen molar-refractivity contribution in [3.8, 4) is 11.5 Å². The highest BCUT2D eigenvalue weighted by Crippen LogP contribution is 2.19. The average molecular weight is 179 g/mol. The fourth-order valence-corrected chi connectivity index (χ4v) is 0.972. The van der Waals surface area contributed by atoms with Gasteiger partial charge in [-0.15, -0.1) is 0 Å². The van der Waals surface area contributed by atoms with Gasteiger partial charge < -0.3 is 9.52 Å². The number of carboxylic acids is 1. The Hall–Kier alpha value is -2.11. The first kappa shape index (κ1) is 7.53. The Morgan fingerprint density at radius 1 is 1.62 bits per heavy atom. The van der Waals surface area contributed by atoms with Gasteiger partial charge in [0.2, 0.25) is 0 Å². The van der Waals surface area contributed by atoms with Gasteiger partial charge in [0.15, 0.2) is 17.8 Å².